The van der Waals surface area contributed by atoms with E-state index in [0.29, 0.717) is 0 Å². The second-order valence-electron chi connectivity index (χ2n) is 4.46. The van der Waals surface area contributed by atoms with E-state index in [0.717, 1.165) is 31.2 Å². The van der Waals surface area contributed by atoms with Crippen molar-refractivity contribution in [3.63, 3.8) is 0 Å². The highest BCUT2D eigenvalue weighted by Gasteiger charge is 2.60. The standard InChI is InChI=1S/C11H10F5NO3/c1-9(18,6-10(12,13)11(14,15)16)7-3-2-4-8(5-7)17(19)20/h2-5,18H,6H2,1H3. The van der Waals surface area contributed by atoms with Crippen LogP contribution in [0.2, 0.25) is 0 Å². The molecule has 0 amide bonds. The Morgan fingerprint density at radius 1 is 1.25 bits per heavy atom. The van der Waals surface area contributed by atoms with Gasteiger partial charge in [-0.15, -0.1) is 0 Å². The first-order valence-corrected chi connectivity index (χ1v) is 5.29. The van der Waals surface area contributed by atoms with Gasteiger partial charge in [-0.2, -0.15) is 22.0 Å². The number of halogens is 5. The highest BCUT2D eigenvalue weighted by molar-refractivity contribution is 5.37. The Morgan fingerprint density at radius 3 is 2.25 bits per heavy atom. The molecule has 0 radical (unpaired) electrons. The van der Waals surface area contributed by atoms with Crippen molar-refractivity contribution in [3.8, 4) is 0 Å². The molecule has 20 heavy (non-hydrogen) atoms. The first-order chi connectivity index (χ1) is 8.87. The molecule has 0 aromatic heterocycles. The van der Waals surface area contributed by atoms with Crippen LogP contribution in [0.1, 0.15) is 18.9 Å². The molecule has 9 heteroatoms. The normalized spacial score (nSPS) is 15.8. The van der Waals surface area contributed by atoms with E-state index in [1.165, 1.54) is 0 Å². The minimum absolute atomic E-state index is 0.393. The number of non-ortho nitro benzene ring substituents is 1. The van der Waals surface area contributed by atoms with Crippen LogP contribution in [0.4, 0.5) is 27.6 Å². The molecule has 0 saturated carbocycles. The van der Waals surface area contributed by atoms with E-state index in [-0.39, 0.29) is 0 Å². The van der Waals surface area contributed by atoms with Crippen LogP contribution in [0, 0.1) is 10.1 Å². The van der Waals surface area contributed by atoms with Gasteiger partial charge >= 0.3 is 12.1 Å². The summed E-state index contributed by atoms with van der Waals surface area (Å²) >= 11 is 0. The zero-order chi connectivity index (χ0) is 15.8. The zero-order valence-corrected chi connectivity index (χ0v) is 10.1. The van der Waals surface area contributed by atoms with Crippen LogP contribution in [-0.4, -0.2) is 22.1 Å². The smallest absolute Gasteiger partial charge is 0.385 e. The summed E-state index contributed by atoms with van der Waals surface area (Å²) in [6.07, 6.45) is -7.73. The molecule has 1 aromatic rings. The summed E-state index contributed by atoms with van der Waals surface area (Å²) in [5, 5.41) is 20.3. The van der Waals surface area contributed by atoms with Crippen LogP contribution in [0.3, 0.4) is 0 Å². The fraction of sp³-hybridized carbons (Fsp3) is 0.455. The third-order valence-corrected chi connectivity index (χ3v) is 2.66. The van der Waals surface area contributed by atoms with Gasteiger partial charge in [0.1, 0.15) is 0 Å². The maximum absolute atomic E-state index is 13.0. The second-order valence-corrected chi connectivity index (χ2v) is 4.46. The van der Waals surface area contributed by atoms with Gasteiger partial charge in [0.05, 0.1) is 16.9 Å². The first-order valence-electron chi connectivity index (χ1n) is 5.29. The van der Waals surface area contributed by atoms with E-state index in [1.54, 1.807) is 0 Å². The van der Waals surface area contributed by atoms with E-state index in [4.69, 9.17) is 0 Å². The van der Waals surface area contributed by atoms with Crippen LogP contribution < -0.4 is 0 Å². The lowest BCUT2D eigenvalue weighted by atomic mass is 9.89. The molecule has 112 valence electrons. The summed E-state index contributed by atoms with van der Waals surface area (Å²) in [5.41, 5.74) is -3.47. The van der Waals surface area contributed by atoms with Crippen LogP contribution in [0.15, 0.2) is 24.3 Å². The highest BCUT2D eigenvalue weighted by Crippen LogP contribution is 2.44. The summed E-state index contributed by atoms with van der Waals surface area (Å²) in [5.74, 6) is -5.11. The number of hydrogen-bond donors (Lipinski definition) is 1. The Hall–Kier alpha value is -1.77. The Bertz CT molecular complexity index is 513. The van der Waals surface area contributed by atoms with Crippen molar-refractivity contribution in [1.82, 2.24) is 0 Å². The molecule has 0 aliphatic rings. The Balaban J connectivity index is 3.11. The lowest BCUT2D eigenvalue weighted by Crippen LogP contribution is -2.42. The topological polar surface area (TPSA) is 63.4 Å². The van der Waals surface area contributed by atoms with E-state index >= 15 is 0 Å². The van der Waals surface area contributed by atoms with Gasteiger partial charge in [-0.25, -0.2) is 0 Å². The minimum Gasteiger partial charge on any atom is -0.385 e. The van der Waals surface area contributed by atoms with Gasteiger partial charge in [0.25, 0.3) is 5.69 Å². The molecule has 0 spiro atoms. The fourth-order valence-corrected chi connectivity index (χ4v) is 1.59. The maximum Gasteiger partial charge on any atom is 0.453 e. The van der Waals surface area contributed by atoms with Gasteiger partial charge in [-0.1, -0.05) is 12.1 Å². The number of alkyl halides is 5. The van der Waals surface area contributed by atoms with Crippen molar-refractivity contribution >= 4 is 5.69 Å². The van der Waals surface area contributed by atoms with Crippen molar-refractivity contribution in [2.75, 3.05) is 0 Å². The predicted octanol–water partition coefficient (Wildman–Crippen LogP) is 3.39. The molecule has 1 aromatic carbocycles. The van der Waals surface area contributed by atoms with Crippen molar-refractivity contribution in [2.24, 2.45) is 0 Å². The molecule has 0 saturated heterocycles. The highest BCUT2D eigenvalue weighted by atomic mass is 19.4. The largest absolute Gasteiger partial charge is 0.453 e. The van der Waals surface area contributed by atoms with Gasteiger partial charge in [0, 0.05) is 12.1 Å². The zero-order valence-electron chi connectivity index (χ0n) is 10.1. The Labute approximate surface area is 110 Å². The molecule has 0 bridgehead atoms. The molecule has 1 atom stereocenters. The number of nitro benzene ring substituents is 1. The lowest BCUT2D eigenvalue weighted by molar-refractivity contribution is -0.385. The van der Waals surface area contributed by atoms with Gasteiger partial charge in [0.2, 0.25) is 0 Å². The second kappa shape index (κ2) is 4.97. The third-order valence-electron chi connectivity index (χ3n) is 2.66. The molecule has 1 N–H and O–H groups in total. The van der Waals surface area contributed by atoms with Gasteiger partial charge in [-0.05, 0) is 12.5 Å². The first kappa shape index (κ1) is 16.3. The van der Waals surface area contributed by atoms with E-state index < -0.39 is 40.3 Å². The summed E-state index contributed by atoms with van der Waals surface area (Å²) in [7, 11) is 0. The predicted molar refractivity (Wildman–Crippen MR) is 58.3 cm³/mol. The van der Waals surface area contributed by atoms with E-state index in [9.17, 15) is 37.2 Å². The van der Waals surface area contributed by atoms with E-state index in [1.807, 2.05) is 0 Å². The molecule has 1 unspecified atom stereocenters. The van der Waals surface area contributed by atoms with Crippen LogP contribution in [0.25, 0.3) is 0 Å². The van der Waals surface area contributed by atoms with Crippen LogP contribution in [0.5, 0.6) is 0 Å². The quantitative estimate of drug-likeness (QED) is 0.526. The van der Waals surface area contributed by atoms with Crippen LogP contribution in [-0.2, 0) is 5.60 Å². The summed E-state index contributed by atoms with van der Waals surface area (Å²) in [6, 6.07) is 3.92. The molecular formula is C11H10F5NO3. The molecule has 0 aliphatic carbocycles. The van der Waals surface area contributed by atoms with Crippen molar-refractivity contribution in [1.29, 1.82) is 0 Å². The number of rotatable bonds is 4. The van der Waals surface area contributed by atoms with Gasteiger partial charge in [0.15, 0.2) is 0 Å². The number of benzene rings is 1. The molecule has 0 aliphatic heterocycles. The average Bonchev–Trinajstić information content (AvgIpc) is 2.26. The molecule has 0 heterocycles. The molecule has 0 fully saturated rings. The van der Waals surface area contributed by atoms with Crippen molar-refractivity contribution in [2.45, 2.75) is 31.0 Å². The Kier molecular flexibility index (Phi) is 4.04. The fourth-order valence-electron chi connectivity index (χ4n) is 1.59. The molecule has 1 rings (SSSR count). The summed E-state index contributed by atoms with van der Waals surface area (Å²) < 4.78 is 62.3. The van der Waals surface area contributed by atoms with Gasteiger partial charge < -0.3 is 5.11 Å². The van der Waals surface area contributed by atoms with Gasteiger partial charge in [-0.3, -0.25) is 10.1 Å². The lowest BCUT2D eigenvalue weighted by Gasteiger charge is -2.29. The van der Waals surface area contributed by atoms with Crippen molar-refractivity contribution < 1.29 is 32.0 Å². The number of hydrogen-bond acceptors (Lipinski definition) is 3. The maximum atomic E-state index is 13.0. The van der Waals surface area contributed by atoms with Crippen LogP contribution >= 0.6 is 0 Å². The average molecular weight is 299 g/mol. The van der Waals surface area contributed by atoms with E-state index in [2.05, 4.69) is 0 Å². The Morgan fingerprint density at radius 2 is 1.80 bits per heavy atom. The molecule has 4 nitrogen and oxygen atoms in total. The SMILES string of the molecule is CC(O)(CC(F)(F)C(F)(F)F)c1cccc([N+](=O)[O-])c1. The monoisotopic (exact) mass is 299 g/mol. The summed E-state index contributed by atoms with van der Waals surface area (Å²) in [4.78, 5) is 9.67. The number of nitrogens with zero attached hydrogens (tertiary/aromatic N) is 1. The van der Waals surface area contributed by atoms with Crippen molar-refractivity contribution in [3.05, 3.63) is 39.9 Å². The summed E-state index contributed by atoms with van der Waals surface area (Å²) in [6.45, 7) is 0.742. The third kappa shape index (κ3) is 3.41. The number of aliphatic hydroxyl groups is 1. The number of nitro groups is 1. The minimum atomic E-state index is -5.81. The molecular weight excluding hydrogens is 289 g/mol.